The van der Waals surface area contributed by atoms with Crippen LogP contribution >= 0.6 is 0 Å². The standard InChI is InChI=1S/C8H15O2/c1-4-8(5-2)9-6-7(3)10-8/h7H,3-6H2,1-2H3. The van der Waals surface area contributed by atoms with Crippen LogP contribution in [0.3, 0.4) is 0 Å². The van der Waals surface area contributed by atoms with Crippen molar-refractivity contribution in [3.8, 4) is 0 Å². The predicted molar refractivity (Wildman–Crippen MR) is 39.5 cm³/mol. The lowest BCUT2D eigenvalue weighted by atomic mass is 10.1. The van der Waals surface area contributed by atoms with Gasteiger partial charge in [-0.25, -0.2) is 0 Å². The van der Waals surface area contributed by atoms with Gasteiger partial charge in [-0.15, -0.1) is 0 Å². The van der Waals surface area contributed by atoms with Crippen LogP contribution in [0.15, 0.2) is 0 Å². The second-order valence-corrected chi connectivity index (χ2v) is 2.67. The normalized spacial score (nSPS) is 30.9. The maximum Gasteiger partial charge on any atom is 0.168 e. The van der Waals surface area contributed by atoms with Gasteiger partial charge < -0.3 is 9.47 Å². The van der Waals surface area contributed by atoms with E-state index < -0.39 is 0 Å². The van der Waals surface area contributed by atoms with Gasteiger partial charge >= 0.3 is 0 Å². The Morgan fingerprint density at radius 1 is 1.50 bits per heavy atom. The average Bonchev–Trinajstić information content (AvgIpc) is 2.33. The fraction of sp³-hybridized carbons (Fsp3) is 0.875. The van der Waals surface area contributed by atoms with Gasteiger partial charge in [0.25, 0.3) is 0 Å². The van der Waals surface area contributed by atoms with Gasteiger partial charge in [0, 0.05) is 0 Å². The number of hydrogen-bond acceptors (Lipinski definition) is 2. The summed E-state index contributed by atoms with van der Waals surface area (Å²) in [4.78, 5) is 0. The third-order valence-corrected chi connectivity index (χ3v) is 1.99. The minimum atomic E-state index is -0.313. The van der Waals surface area contributed by atoms with Crippen LogP contribution in [0.4, 0.5) is 0 Å². The second kappa shape index (κ2) is 2.89. The summed E-state index contributed by atoms with van der Waals surface area (Å²) in [6.45, 7) is 8.56. The first-order chi connectivity index (χ1) is 4.72. The highest BCUT2D eigenvalue weighted by Crippen LogP contribution is 2.29. The molecule has 2 heteroatoms. The highest BCUT2D eigenvalue weighted by molar-refractivity contribution is 4.77. The summed E-state index contributed by atoms with van der Waals surface area (Å²) in [6.07, 6.45) is 1.85. The molecule has 1 rings (SSSR count). The van der Waals surface area contributed by atoms with Crippen LogP contribution in [0.5, 0.6) is 0 Å². The zero-order valence-electron chi connectivity index (χ0n) is 6.72. The molecule has 1 heterocycles. The van der Waals surface area contributed by atoms with Crippen LogP contribution in [0.25, 0.3) is 0 Å². The Bertz CT molecular complexity index is 108. The topological polar surface area (TPSA) is 18.5 Å². The minimum Gasteiger partial charge on any atom is -0.347 e. The lowest BCUT2D eigenvalue weighted by molar-refractivity contribution is -0.167. The van der Waals surface area contributed by atoms with E-state index in [2.05, 4.69) is 20.8 Å². The van der Waals surface area contributed by atoms with E-state index in [1.807, 2.05) is 0 Å². The molecule has 59 valence electrons. The first-order valence-corrected chi connectivity index (χ1v) is 3.87. The summed E-state index contributed by atoms with van der Waals surface area (Å²) >= 11 is 0. The third kappa shape index (κ3) is 1.32. The zero-order valence-corrected chi connectivity index (χ0v) is 6.72. The van der Waals surface area contributed by atoms with Gasteiger partial charge in [0.2, 0.25) is 0 Å². The molecule has 1 atom stereocenters. The van der Waals surface area contributed by atoms with Crippen molar-refractivity contribution < 1.29 is 9.47 Å². The molecule has 0 saturated carbocycles. The van der Waals surface area contributed by atoms with Crippen LogP contribution in [-0.2, 0) is 9.47 Å². The van der Waals surface area contributed by atoms with Gasteiger partial charge in [-0.05, 0) is 19.8 Å². The summed E-state index contributed by atoms with van der Waals surface area (Å²) < 4.78 is 11.0. The highest BCUT2D eigenvalue weighted by Gasteiger charge is 2.36. The van der Waals surface area contributed by atoms with Crippen molar-refractivity contribution in [2.45, 2.75) is 38.6 Å². The lowest BCUT2D eigenvalue weighted by Gasteiger charge is -2.24. The van der Waals surface area contributed by atoms with Gasteiger partial charge in [-0.1, -0.05) is 13.8 Å². The monoisotopic (exact) mass is 143 g/mol. The molecule has 0 amide bonds. The summed E-state index contributed by atoms with van der Waals surface area (Å²) in [5.41, 5.74) is 0. The van der Waals surface area contributed by atoms with Crippen molar-refractivity contribution in [1.82, 2.24) is 0 Å². The van der Waals surface area contributed by atoms with Crippen molar-refractivity contribution in [2.24, 2.45) is 0 Å². The molecule has 0 aromatic carbocycles. The van der Waals surface area contributed by atoms with Crippen molar-refractivity contribution in [1.29, 1.82) is 0 Å². The van der Waals surface area contributed by atoms with E-state index in [4.69, 9.17) is 9.47 Å². The number of hydrogen-bond donors (Lipinski definition) is 0. The van der Waals surface area contributed by atoms with E-state index >= 15 is 0 Å². The summed E-state index contributed by atoms with van der Waals surface area (Å²) in [5, 5.41) is 0. The first-order valence-electron chi connectivity index (χ1n) is 3.87. The quantitative estimate of drug-likeness (QED) is 0.586. The van der Waals surface area contributed by atoms with Gasteiger partial charge in [-0.3, -0.25) is 0 Å². The molecule has 0 spiro atoms. The Kier molecular flexibility index (Phi) is 2.32. The molecular formula is C8H15O2. The number of ether oxygens (including phenoxy) is 2. The molecule has 1 aliphatic rings. The molecule has 0 aliphatic carbocycles. The molecule has 2 nitrogen and oxygen atoms in total. The molecule has 0 aromatic rings. The SMILES string of the molecule is [CH2]C1COC(CC)(CC)O1. The fourth-order valence-corrected chi connectivity index (χ4v) is 1.24. The minimum absolute atomic E-state index is 0.0277. The van der Waals surface area contributed by atoms with Gasteiger partial charge in [0.15, 0.2) is 5.79 Å². The molecule has 0 aromatic heterocycles. The van der Waals surface area contributed by atoms with E-state index in [-0.39, 0.29) is 11.9 Å². The van der Waals surface area contributed by atoms with E-state index in [1.165, 1.54) is 0 Å². The smallest absolute Gasteiger partial charge is 0.168 e. The van der Waals surface area contributed by atoms with Crippen LogP contribution in [0.1, 0.15) is 26.7 Å². The Morgan fingerprint density at radius 2 is 2.10 bits per heavy atom. The molecule has 1 aliphatic heterocycles. The summed E-state index contributed by atoms with van der Waals surface area (Å²) in [6, 6.07) is 0. The van der Waals surface area contributed by atoms with Gasteiger partial charge in [0.05, 0.1) is 12.7 Å². The van der Waals surface area contributed by atoms with Crippen LogP contribution < -0.4 is 0 Å². The molecule has 1 unspecified atom stereocenters. The predicted octanol–water partition coefficient (Wildman–Crippen LogP) is 1.75. The van der Waals surface area contributed by atoms with Crippen LogP contribution in [-0.4, -0.2) is 18.5 Å². The van der Waals surface area contributed by atoms with Crippen LogP contribution in [0.2, 0.25) is 0 Å². The zero-order chi connectivity index (χ0) is 7.61. The van der Waals surface area contributed by atoms with Crippen molar-refractivity contribution in [3.05, 3.63) is 6.92 Å². The number of rotatable bonds is 2. The Labute approximate surface area is 62.5 Å². The van der Waals surface area contributed by atoms with E-state index in [1.54, 1.807) is 0 Å². The van der Waals surface area contributed by atoms with Crippen LogP contribution in [0, 0.1) is 6.92 Å². The average molecular weight is 143 g/mol. The summed E-state index contributed by atoms with van der Waals surface area (Å²) in [7, 11) is 0. The molecular weight excluding hydrogens is 128 g/mol. The molecule has 0 N–H and O–H groups in total. The Morgan fingerprint density at radius 3 is 2.30 bits per heavy atom. The lowest BCUT2D eigenvalue weighted by Crippen LogP contribution is -2.28. The van der Waals surface area contributed by atoms with E-state index in [0.29, 0.717) is 6.61 Å². The maximum absolute atomic E-state index is 5.51. The third-order valence-electron chi connectivity index (χ3n) is 1.99. The molecule has 1 radical (unpaired) electrons. The van der Waals surface area contributed by atoms with E-state index in [9.17, 15) is 0 Å². The largest absolute Gasteiger partial charge is 0.347 e. The second-order valence-electron chi connectivity index (χ2n) is 2.67. The van der Waals surface area contributed by atoms with Crippen molar-refractivity contribution >= 4 is 0 Å². The fourth-order valence-electron chi connectivity index (χ4n) is 1.24. The molecule has 1 saturated heterocycles. The maximum atomic E-state index is 5.51. The van der Waals surface area contributed by atoms with Crippen molar-refractivity contribution in [2.75, 3.05) is 6.61 Å². The van der Waals surface area contributed by atoms with Gasteiger partial charge in [0.1, 0.15) is 0 Å². The first kappa shape index (κ1) is 8.02. The Balaban J connectivity index is 2.51. The highest BCUT2D eigenvalue weighted by atomic mass is 16.7. The summed E-state index contributed by atoms with van der Waals surface area (Å²) in [5.74, 6) is -0.313. The molecule has 1 fully saturated rings. The van der Waals surface area contributed by atoms with Gasteiger partial charge in [-0.2, -0.15) is 0 Å². The molecule has 10 heavy (non-hydrogen) atoms. The molecule has 0 bridgehead atoms. The van der Waals surface area contributed by atoms with E-state index in [0.717, 1.165) is 12.8 Å². The van der Waals surface area contributed by atoms with Crippen molar-refractivity contribution in [3.63, 3.8) is 0 Å². The Hall–Kier alpha value is -0.0800.